The van der Waals surface area contributed by atoms with Crippen LogP contribution in [-0.4, -0.2) is 25.6 Å². The first-order chi connectivity index (χ1) is 18.8. The monoisotopic (exact) mass is 508 g/mol. The Labute approximate surface area is 222 Å². The Balaban J connectivity index is 1.55. The molecule has 0 radical (unpaired) electrons. The van der Waals surface area contributed by atoms with Gasteiger partial charge in [0.15, 0.2) is 5.75 Å². The third-order valence-electron chi connectivity index (χ3n) is 7.97. The number of allylic oxidation sites excluding steroid dienone is 3. The fraction of sp³-hybridized carbons (Fsp3) is 0.0938. The predicted molar refractivity (Wildman–Crippen MR) is 154 cm³/mol. The van der Waals surface area contributed by atoms with E-state index < -0.39 is 0 Å². The van der Waals surface area contributed by atoms with Gasteiger partial charge in [0, 0.05) is 27.5 Å². The van der Waals surface area contributed by atoms with Gasteiger partial charge in [-0.15, -0.1) is 11.3 Å². The molecule has 0 saturated heterocycles. The number of hydrogen-bond donors (Lipinski definition) is 0. The smallest absolute Gasteiger partial charge is 0.235 e. The molecule has 2 unspecified atom stereocenters. The number of hydrogen-bond acceptors (Lipinski definition) is 5. The highest BCUT2D eigenvalue weighted by Crippen LogP contribution is 2.55. The third kappa shape index (κ3) is 2.43. The second-order valence-electron chi connectivity index (χ2n) is 9.92. The van der Waals surface area contributed by atoms with Crippen molar-refractivity contribution < 1.29 is 4.74 Å². The van der Waals surface area contributed by atoms with Gasteiger partial charge < -0.3 is 4.74 Å². The molecule has 4 bridgehead atoms. The highest BCUT2D eigenvalue weighted by atomic mass is 32.1. The number of rotatable bonds is 2. The summed E-state index contributed by atoms with van der Waals surface area (Å²) in [5.41, 5.74) is 11.4. The van der Waals surface area contributed by atoms with Crippen LogP contribution < -0.4 is 4.74 Å². The van der Waals surface area contributed by atoms with Gasteiger partial charge in [0.05, 0.1) is 44.1 Å². The molecule has 0 amide bonds. The average Bonchev–Trinajstić information content (AvgIpc) is 3.67. The second kappa shape index (κ2) is 7.27. The van der Waals surface area contributed by atoms with Gasteiger partial charge in [0.25, 0.3) is 0 Å². The molecule has 3 aromatic heterocycles. The maximum absolute atomic E-state index is 6.97. The molecule has 1 aliphatic carbocycles. The molecule has 5 heterocycles. The van der Waals surface area contributed by atoms with Crippen molar-refractivity contribution in [3.8, 4) is 23.0 Å². The number of ether oxygens (including phenoxy) is 1. The molecular weight excluding hydrogens is 488 g/mol. The number of nitrogens with zero attached hydrogens (tertiary/aromatic N) is 4. The Bertz CT molecular complexity index is 2080. The summed E-state index contributed by atoms with van der Waals surface area (Å²) in [6.07, 6.45) is 10.6. The van der Waals surface area contributed by atoms with E-state index in [0.29, 0.717) is 5.95 Å². The Kier molecular flexibility index (Phi) is 3.92. The molecule has 5 nitrogen and oxygen atoms in total. The van der Waals surface area contributed by atoms with Gasteiger partial charge in [0.2, 0.25) is 5.95 Å². The highest BCUT2D eigenvalue weighted by Gasteiger charge is 2.43. The average molecular weight is 509 g/mol. The van der Waals surface area contributed by atoms with Crippen molar-refractivity contribution in [1.29, 1.82) is 0 Å². The first kappa shape index (κ1) is 20.5. The lowest BCUT2D eigenvalue weighted by Gasteiger charge is -2.26. The van der Waals surface area contributed by atoms with E-state index in [1.54, 1.807) is 11.3 Å². The van der Waals surface area contributed by atoms with E-state index in [4.69, 9.17) is 19.7 Å². The van der Waals surface area contributed by atoms with Gasteiger partial charge in [0.1, 0.15) is 11.6 Å². The molecule has 2 atom stereocenters. The lowest BCUT2D eigenvalue weighted by atomic mass is 9.83. The quantitative estimate of drug-likeness (QED) is 0.241. The van der Waals surface area contributed by atoms with Crippen molar-refractivity contribution in [2.75, 3.05) is 0 Å². The van der Waals surface area contributed by atoms with Crippen LogP contribution in [0.1, 0.15) is 29.7 Å². The normalized spacial score (nSPS) is 18.8. The Hall–Kier alpha value is -4.55. The summed E-state index contributed by atoms with van der Waals surface area (Å²) < 4.78 is 10.4. The van der Waals surface area contributed by atoms with Gasteiger partial charge in [-0.25, -0.2) is 15.0 Å². The Morgan fingerprint density at radius 3 is 2.79 bits per heavy atom. The molecule has 6 heteroatoms. The van der Waals surface area contributed by atoms with Crippen LogP contribution in [-0.2, 0) is 0 Å². The maximum Gasteiger partial charge on any atom is 0.235 e. The zero-order chi connectivity index (χ0) is 25.0. The van der Waals surface area contributed by atoms with E-state index >= 15 is 0 Å². The van der Waals surface area contributed by atoms with Crippen molar-refractivity contribution in [2.24, 2.45) is 0 Å². The summed E-state index contributed by atoms with van der Waals surface area (Å²) in [5.74, 6) is 1.50. The van der Waals surface area contributed by atoms with Crippen LogP contribution in [0.4, 0.5) is 0 Å². The van der Waals surface area contributed by atoms with Crippen molar-refractivity contribution >= 4 is 55.0 Å². The van der Waals surface area contributed by atoms with Crippen LogP contribution in [0, 0.1) is 0 Å². The molecule has 2 aliphatic heterocycles. The number of para-hydroxylation sites is 1. The summed E-state index contributed by atoms with van der Waals surface area (Å²) in [7, 11) is 0. The number of thiazole rings is 1. The standard InChI is InChI=1S/C32H20N4OS/c1-2-9-20-25(17-10-4-3-5-11-17)34-32-35-26(20)21-14-8-13-19-23-27-31(38-16-33-27)24-18-12-6-7-15-22(18)36(32)28(24)30(23)37-29(19)21/h2-16,21,29H,1H3/b9-2-. The Morgan fingerprint density at radius 2 is 1.89 bits per heavy atom. The minimum absolute atomic E-state index is 0.0579. The summed E-state index contributed by atoms with van der Waals surface area (Å²) >= 11 is 1.69. The zero-order valence-corrected chi connectivity index (χ0v) is 21.2. The van der Waals surface area contributed by atoms with Gasteiger partial charge in [-0.05, 0) is 13.0 Å². The SMILES string of the molecule is C/C=C\c1c(-c2ccccc2)nc2nc1C1C=CC=C3c4c(c5c(c6ccccc6n5-2)c2scnc42)OC31. The van der Waals surface area contributed by atoms with Crippen molar-refractivity contribution in [1.82, 2.24) is 19.5 Å². The summed E-state index contributed by atoms with van der Waals surface area (Å²) in [6, 6.07) is 18.9. The first-order valence-electron chi connectivity index (χ1n) is 12.8. The van der Waals surface area contributed by atoms with E-state index in [2.05, 4.69) is 83.5 Å². The second-order valence-corrected chi connectivity index (χ2v) is 10.8. The molecule has 0 fully saturated rings. The van der Waals surface area contributed by atoms with E-state index in [0.717, 1.165) is 61.2 Å². The third-order valence-corrected chi connectivity index (χ3v) is 8.81. The Morgan fingerprint density at radius 1 is 1.03 bits per heavy atom. The van der Waals surface area contributed by atoms with Crippen molar-refractivity contribution in [3.63, 3.8) is 0 Å². The largest absolute Gasteiger partial charge is 0.482 e. The van der Waals surface area contributed by atoms with Gasteiger partial charge in [-0.1, -0.05) is 78.9 Å². The van der Waals surface area contributed by atoms with Crippen molar-refractivity contribution in [2.45, 2.75) is 18.9 Å². The van der Waals surface area contributed by atoms with Crippen LogP contribution in [0.2, 0.25) is 0 Å². The minimum atomic E-state index is -0.176. The summed E-state index contributed by atoms with van der Waals surface area (Å²) in [5, 5.41) is 2.32. The molecule has 9 rings (SSSR count). The molecule has 0 saturated carbocycles. The molecule has 3 aliphatic rings. The summed E-state index contributed by atoms with van der Waals surface area (Å²) in [4.78, 5) is 15.5. The number of benzene rings is 3. The summed E-state index contributed by atoms with van der Waals surface area (Å²) in [6.45, 7) is 2.04. The van der Waals surface area contributed by atoms with Crippen LogP contribution >= 0.6 is 11.3 Å². The fourth-order valence-electron chi connectivity index (χ4n) is 6.47. The molecule has 6 aromatic rings. The lowest BCUT2D eigenvalue weighted by Crippen LogP contribution is -2.25. The van der Waals surface area contributed by atoms with Crippen LogP contribution in [0.5, 0.6) is 5.75 Å². The topological polar surface area (TPSA) is 52.8 Å². The van der Waals surface area contributed by atoms with Gasteiger partial charge >= 0.3 is 0 Å². The zero-order valence-electron chi connectivity index (χ0n) is 20.4. The van der Waals surface area contributed by atoms with E-state index in [1.807, 2.05) is 18.5 Å². The molecule has 3 aromatic carbocycles. The fourth-order valence-corrected chi connectivity index (χ4v) is 7.32. The van der Waals surface area contributed by atoms with Crippen molar-refractivity contribution in [3.05, 3.63) is 101 Å². The van der Waals surface area contributed by atoms with E-state index in [1.165, 1.54) is 10.3 Å². The number of aromatic nitrogens is 4. The van der Waals surface area contributed by atoms with Gasteiger partial charge in [-0.2, -0.15) is 0 Å². The van der Waals surface area contributed by atoms with Crippen LogP contribution in [0.25, 0.3) is 60.9 Å². The highest BCUT2D eigenvalue weighted by molar-refractivity contribution is 7.18. The molecule has 180 valence electrons. The first-order valence-corrected chi connectivity index (χ1v) is 13.7. The molecular formula is C32H20N4OS. The van der Waals surface area contributed by atoms with Gasteiger partial charge in [-0.3, -0.25) is 4.57 Å². The predicted octanol–water partition coefficient (Wildman–Crippen LogP) is 7.69. The van der Waals surface area contributed by atoms with Crippen LogP contribution in [0.15, 0.2) is 84.4 Å². The van der Waals surface area contributed by atoms with E-state index in [9.17, 15) is 0 Å². The lowest BCUT2D eigenvalue weighted by molar-refractivity contribution is 0.259. The maximum atomic E-state index is 6.97. The number of fused-ring (bicyclic) bond motifs is 11. The molecule has 0 spiro atoms. The minimum Gasteiger partial charge on any atom is -0.482 e. The molecule has 38 heavy (non-hydrogen) atoms. The van der Waals surface area contributed by atoms with Crippen LogP contribution in [0.3, 0.4) is 0 Å². The molecule has 0 N–H and O–H groups in total. The van der Waals surface area contributed by atoms with E-state index in [-0.39, 0.29) is 12.0 Å².